The minimum Gasteiger partial charge on any atom is -0.379 e. The van der Waals surface area contributed by atoms with E-state index >= 15 is 0 Å². The highest BCUT2D eigenvalue weighted by molar-refractivity contribution is 7.99. The molecule has 1 N–H and O–H groups in total. The third-order valence-corrected chi connectivity index (χ3v) is 4.38. The van der Waals surface area contributed by atoms with E-state index in [1.54, 1.807) is 18.3 Å². The van der Waals surface area contributed by atoms with E-state index in [4.69, 9.17) is 16.3 Å². The van der Waals surface area contributed by atoms with Gasteiger partial charge >= 0.3 is 0 Å². The standard InChI is InChI=1S/C18H21ClN2O2S/c1-13(2)23-12-4-11-20-17(22)16-5-3-10-21-18(16)24-15-8-6-14(19)7-9-15/h3,5-10,13H,4,11-12H2,1-2H3,(H,20,22). The van der Waals surface area contributed by atoms with Gasteiger partial charge in [0.05, 0.1) is 11.7 Å². The van der Waals surface area contributed by atoms with Gasteiger partial charge in [-0.2, -0.15) is 0 Å². The topological polar surface area (TPSA) is 51.2 Å². The monoisotopic (exact) mass is 364 g/mol. The van der Waals surface area contributed by atoms with Crippen LogP contribution in [0, 0.1) is 0 Å². The van der Waals surface area contributed by atoms with E-state index in [2.05, 4.69) is 10.3 Å². The smallest absolute Gasteiger partial charge is 0.254 e. The van der Waals surface area contributed by atoms with Crippen LogP contribution >= 0.6 is 23.4 Å². The minimum atomic E-state index is -0.121. The Hall–Kier alpha value is -1.56. The molecule has 0 spiro atoms. The van der Waals surface area contributed by atoms with Crippen molar-refractivity contribution in [2.75, 3.05) is 13.2 Å². The first-order valence-electron chi connectivity index (χ1n) is 7.84. The molecule has 4 nitrogen and oxygen atoms in total. The van der Waals surface area contributed by atoms with Crippen molar-refractivity contribution in [3.63, 3.8) is 0 Å². The quantitative estimate of drug-likeness (QED) is 0.704. The lowest BCUT2D eigenvalue weighted by Gasteiger charge is -2.10. The predicted octanol–water partition coefficient (Wildman–Crippen LogP) is 4.43. The average molecular weight is 365 g/mol. The van der Waals surface area contributed by atoms with Gasteiger partial charge in [-0.05, 0) is 56.7 Å². The molecule has 128 valence electrons. The number of aromatic nitrogens is 1. The second kappa shape index (κ2) is 9.67. The van der Waals surface area contributed by atoms with Crippen LogP contribution in [0.25, 0.3) is 0 Å². The van der Waals surface area contributed by atoms with Crippen molar-refractivity contribution < 1.29 is 9.53 Å². The molecule has 24 heavy (non-hydrogen) atoms. The first-order valence-corrected chi connectivity index (χ1v) is 9.04. The summed E-state index contributed by atoms with van der Waals surface area (Å²) in [5.74, 6) is -0.121. The molecule has 0 aliphatic rings. The molecule has 1 aromatic carbocycles. The summed E-state index contributed by atoms with van der Waals surface area (Å²) < 4.78 is 5.46. The molecule has 2 aromatic rings. The fraction of sp³-hybridized carbons (Fsp3) is 0.333. The fourth-order valence-electron chi connectivity index (χ4n) is 1.95. The Kier molecular flexibility index (Phi) is 7.56. The van der Waals surface area contributed by atoms with Gasteiger partial charge in [0.15, 0.2) is 0 Å². The van der Waals surface area contributed by atoms with Crippen LogP contribution in [0.1, 0.15) is 30.6 Å². The molecule has 0 radical (unpaired) electrons. The second-order valence-electron chi connectivity index (χ2n) is 5.44. The molecule has 0 aliphatic heterocycles. The first kappa shape index (κ1) is 18.8. The van der Waals surface area contributed by atoms with Crippen LogP contribution < -0.4 is 5.32 Å². The number of benzene rings is 1. The summed E-state index contributed by atoms with van der Waals surface area (Å²) in [6.45, 7) is 5.20. The van der Waals surface area contributed by atoms with Crippen molar-refractivity contribution >= 4 is 29.3 Å². The maximum absolute atomic E-state index is 12.4. The Bertz CT molecular complexity index is 662. The average Bonchev–Trinajstić information content (AvgIpc) is 2.56. The maximum atomic E-state index is 12.4. The molecule has 1 amide bonds. The Morgan fingerprint density at radius 2 is 2.04 bits per heavy atom. The van der Waals surface area contributed by atoms with E-state index < -0.39 is 0 Å². The van der Waals surface area contributed by atoms with E-state index in [1.165, 1.54) is 11.8 Å². The number of rotatable bonds is 8. The summed E-state index contributed by atoms with van der Waals surface area (Å²) in [7, 11) is 0. The molecular weight excluding hydrogens is 344 g/mol. The van der Waals surface area contributed by atoms with E-state index in [9.17, 15) is 4.79 Å². The third kappa shape index (κ3) is 6.15. The molecular formula is C18H21ClN2O2S. The number of halogens is 1. The lowest BCUT2D eigenvalue weighted by molar-refractivity contribution is 0.0756. The van der Waals surface area contributed by atoms with Crippen LogP contribution in [0.15, 0.2) is 52.5 Å². The number of hydrogen-bond acceptors (Lipinski definition) is 4. The van der Waals surface area contributed by atoms with Gasteiger partial charge in [-0.3, -0.25) is 4.79 Å². The summed E-state index contributed by atoms with van der Waals surface area (Å²) in [6, 6.07) is 11.0. The minimum absolute atomic E-state index is 0.121. The molecule has 0 unspecified atom stereocenters. The van der Waals surface area contributed by atoms with Crippen LogP contribution in [0.5, 0.6) is 0 Å². The lowest BCUT2D eigenvalue weighted by Crippen LogP contribution is -2.26. The Morgan fingerprint density at radius 1 is 1.29 bits per heavy atom. The summed E-state index contributed by atoms with van der Waals surface area (Å²) in [6.07, 6.45) is 2.68. The van der Waals surface area contributed by atoms with E-state index in [0.29, 0.717) is 28.8 Å². The number of carbonyl (C=O) groups excluding carboxylic acids is 1. The predicted molar refractivity (Wildman–Crippen MR) is 97.9 cm³/mol. The zero-order valence-electron chi connectivity index (χ0n) is 13.8. The van der Waals surface area contributed by atoms with Crippen molar-refractivity contribution in [3.8, 4) is 0 Å². The van der Waals surface area contributed by atoms with Crippen LogP contribution in [0.4, 0.5) is 0 Å². The van der Waals surface area contributed by atoms with Gasteiger partial charge in [-0.15, -0.1) is 0 Å². The molecule has 0 fully saturated rings. The highest BCUT2D eigenvalue weighted by Gasteiger charge is 2.13. The van der Waals surface area contributed by atoms with Gasteiger partial charge in [-0.25, -0.2) is 4.98 Å². The molecule has 1 heterocycles. The molecule has 1 aromatic heterocycles. The second-order valence-corrected chi connectivity index (χ2v) is 6.94. The van der Waals surface area contributed by atoms with Crippen LogP contribution in [0.2, 0.25) is 5.02 Å². The van der Waals surface area contributed by atoms with E-state index in [-0.39, 0.29) is 12.0 Å². The van der Waals surface area contributed by atoms with Crippen molar-refractivity contribution in [1.82, 2.24) is 10.3 Å². The highest BCUT2D eigenvalue weighted by atomic mass is 35.5. The number of hydrogen-bond donors (Lipinski definition) is 1. The van der Waals surface area contributed by atoms with E-state index in [0.717, 1.165) is 11.3 Å². The zero-order chi connectivity index (χ0) is 17.4. The maximum Gasteiger partial charge on any atom is 0.254 e. The first-order chi connectivity index (χ1) is 11.6. The molecule has 2 rings (SSSR count). The molecule has 0 saturated carbocycles. The summed E-state index contributed by atoms with van der Waals surface area (Å²) in [5.41, 5.74) is 0.572. The largest absolute Gasteiger partial charge is 0.379 e. The number of ether oxygens (including phenoxy) is 1. The number of amides is 1. The van der Waals surface area contributed by atoms with Crippen molar-refractivity contribution in [2.45, 2.75) is 36.3 Å². The Morgan fingerprint density at radius 3 is 2.75 bits per heavy atom. The molecule has 0 atom stereocenters. The van der Waals surface area contributed by atoms with Crippen molar-refractivity contribution in [1.29, 1.82) is 0 Å². The number of carbonyl (C=O) groups is 1. The van der Waals surface area contributed by atoms with Gasteiger partial charge in [0.1, 0.15) is 5.03 Å². The van der Waals surface area contributed by atoms with Crippen LogP contribution in [0.3, 0.4) is 0 Å². The highest BCUT2D eigenvalue weighted by Crippen LogP contribution is 2.29. The third-order valence-electron chi connectivity index (χ3n) is 3.10. The Labute approximate surface area is 152 Å². The number of nitrogens with zero attached hydrogens (tertiary/aromatic N) is 1. The summed E-state index contributed by atoms with van der Waals surface area (Å²) in [5, 5.41) is 4.27. The van der Waals surface area contributed by atoms with Crippen LogP contribution in [-0.2, 0) is 4.74 Å². The molecule has 0 bridgehead atoms. The van der Waals surface area contributed by atoms with Gasteiger partial charge in [-0.1, -0.05) is 23.4 Å². The summed E-state index contributed by atoms with van der Waals surface area (Å²) >= 11 is 7.34. The van der Waals surface area contributed by atoms with Gasteiger partial charge < -0.3 is 10.1 Å². The van der Waals surface area contributed by atoms with Gasteiger partial charge in [0.25, 0.3) is 5.91 Å². The van der Waals surface area contributed by atoms with Crippen molar-refractivity contribution in [3.05, 3.63) is 53.2 Å². The lowest BCUT2D eigenvalue weighted by atomic mass is 10.2. The zero-order valence-corrected chi connectivity index (χ0v) is 15.4. The number of pyridine rings is 1. The molecule has 0 saturated heterocycles. The Balaban J connectivity index is 1.94. The SMILES string of the molecule is CC(C)OCCCNC(=O)c1cccnc1Sc1ccc(Cl)cc1. The van der Waals surface area contributed by atoms with E-state index in [1.807, 2.05) is 38.1 Å². The number of nitrogens with one attached hydrogen (secondary N) is 1. The van der Waals surface area contributed by atoms with Gasteiger partial charge in [0, 0.05) is 29.3 Å². The summed E-state index contributed by atoms with van der Waals surface area (Å²) in [4.78, 5) is 17.7. The van der Waals surface area contributed by atoms with Crippen LogP contribution in [-0.4, -0.2) is 30.1 Å². The molecule has 0 aliphatic carbocycles. The normalized spacial score (nSPS) is 10.8. The van der Waals surface area contributed by atoms with Gasteiger partial charge in [0.2, 0.25) is 0 Å². The van der Waals surface area contributed by atoms with Crippen molar-refractivity contribution in [2.24, 2.45) is 0 Å². The fourth-order valence-corrected chi connectivity index (χ4v) is 2.95. The molecule has 6 heteroatoms.